The van der Waals surface area contributed by atoms with Gasteiger partial charge in [0, 0.05) is 5.56 Å². The Morgan fingerprint density at radius 2 is 1.90 bits per heavy atom. The fraction of sp³-hybridized carbons (Fsp3) is 0.250. The van der Waals surface area contributed by atoms with Crippen molar-refractivity contribution in [2.24, 2.45) is 0 Å². The van der Waals surface area contributed by atoms with E-state index in [2.05, 4.69) is 10.5 Å². The van der Waals surface area contributed by atoms with Crippen molar-refractivity contribution in [2.45, 2.75) is 39.9 Å². The first-order valence-corrected chi connectivity index (χ1v) is 10.1. The number of aryl methyl sites for hydroxylation is 1. The van der Waals surface area contributed by atoms with Gasteiger partial charge < -0.3 is 14.3 Å². The second-order valence-corrected chi connectivity index (χ2v) is 6.86. The number of rotatable bonds is 10. The lowest BCUT2D eigenvalue weighted by Crippen LogP contribution is -2.25. The van der Waals surface area contributed by atoms with Gasteiger partial charge in [-0.05, 0) is 62.2 Å². The van der Waals surface area contributed by atoms with E-state index < -0.39 is 12.1 Å². The number of carboxylic acids is 1. The van der Waals surface area contributed by atoms with E-state index in [9.17, 15) is 4.79 Å². The Balaban J connectivity index is 1.59. The minimum Gasteiger partial charge on any atom is -0.479 e. The van der Waals surface area contributed by atoms with Crippen molar-refractivity contribution in [1.29, 1.82) is 0 Å². The zero-order valence-corrected chi connectivity index (χ0v) is 17.8. The van der Waals surface area contributed by atoms with Crippen molar-refractivity contribution in [2.75, 3.05) is 0 Å². The van der Waals surface area contributed by atoms with E-state index in [1.165, 1.54) is 0 Å². The highest BCUT2D eigenvalue weighted by Crippen LogP contribution is 2.22. The molecule has 31 heavy (non-hydrogen) atoms. The molecule has 0 amide bonds. The molecule has 2 N–H and O–H groups in total. The van der Waals surface area contributed by atoms with Gasteiger partial charge in [-0.15, -0.1) is 0 Å². The Hall–Kier alpha value is -3.58. The molecule has 0 spiro atoms. The van der Waals surface area contributed by atoms with Gasteiger partial charge in [-0.1, -0.05) is 31.2 Å². The first-order chi connectivity index (χ1) is 15.0. The zero-order valence-electron chi connectivity index (χ0n) is 17.8. The van der Waals surface area contributed by atoms with Gasteiger partial charge in [0.15, 0.2) is 6.10 Å². The van der Waals surface area contributed by atoms with Gasteiger partial charge in [-0.3, -0.25) is 10.3 Å². The largest absolute Gasteiger partial charge is 0.479 e. The molecule has 1 aromatic heterocycles. The van der Waals surface area contributed by atoms with E-state index in [4.69, 9.17) is 19.1 Å². The Labute approximate surface area is 181 Å². The number of oxazole rings is 1. The minimum atomic E-state index is -0.977. The standard InChI is InChI=1S/C24H26N2O5/c1-4-20(17-11-13-19(14-12-17)31-22(5-2)24(27)28)26-29-15-21-16(3)30-23(25-21)18-9-7-6-8-10-18/h4,6-14,22,26H,5,15H2,1-3H3,(H,27,28). The molecule has 2 aromatic carbocycles. The predicted molar refractivity (Wildman–Crippen MR) is 117 cm³/mol. The number of benzene rings is 2. The average molecular weight is 422 g/mol. The molecular formula is C24H26N2O5. The fourth-order valence-corrected chi connectivity index (χ4v) is 2.92. The van der Waals surface area contributed by atoms with E-state index in [-0.39, 0.29) is 6.61 Å². The van der Waals surface area contributed by atoms with E-state index in [1.807, 2.05) is 62.4 Å². The first-order valence-electron chi connectivity index (χ1n) is 10.1. The van der Waals surface area contributed by atoms with Crippen LogP contribution in [0.15, 0.2) is 65.1 Å². The molecule has 1 atom stereocenters. The van der Waals surface area contributed by atoms with Gasteiger partial charge >= 0.3 is 5.97 Å². The van der Waals surface area contributed by atoms with Crippen LogP contribution < -0.4 is 10.2 Å². The summed E-state index contributed by atoms with van der Waals surface area (Å²) in [5.41, 5.74) is 6.21. The van der Waals surface area contributed by atoms with Crippen LogP contribution in [0.1, 0.15) is 37.3 Å². The Kier molecular flexibility index (Phi) is 7.45. The second-order valence-electron chi connectivity index (χ2n) is 6.86. The van der Waals surface area contributed by atoms with Crippen LogP contribution in [0.4, 0.5) is 0 Å². The van der Waals surface area contributed by atoms with E-state index in [0.29, 0.717) is 29.5 Å². The number of aliphatic carboxylic acids is 1. The summed E-state index contributed by atoms with van der Waals surface area (Å²) in [5, 5.41) is 9.12. The summed E-state index contributed by atoms with van der Waals surface area (Å²) >= 11 is 0. The van der Waals surface area contributed by atoms with Crippen molar-refractivity contribution < 1.29 is 23.9 Å². The Morgan fingerprint density at radius 1 is 1.19 bits per heavy atom. The second kappa shape index (κ2) is 10.4. The molecule has 3 aromatic rings. The molecular weight excluding hydrogens is 396 g/mol. The number of hydroxylamine groups is 1. The molecule has 0 fully saturated rings. The number of ether oxygens (including phenoxy) is 1. The van der Waals surface area contributed by atoms with E-state index in [1.54, 1.807) is 19.1 Å². The topological polar surface area (TPSA) is 93.8 Å². The summed E-state index contributed by atoms with van der Waals surface area (Å²) in [5.74, 6) is 0.786. The first kappa shape index (κ1) is 22.1. The Bertz CT molecular complexity index is 1030. The van der Waals surface area contributed by atoms with Crippen molar-refractivity contribution in [3.63, 3.8) is 0 Å². The van der Waals surface area contributed by atoms with Gasteiger partial charge in [-0.25, -0.2) is 9.78 Å². The highest BCUT2D eigenvalue weighted by atomic mass is 16.6. The lowest BCUT2D eigenvalue weighted by atomic mass is 10.1. The van der Waals surface area contributed by atoms with Crippen LogP contribution >= 0.6 is 0 Å². The minimum absolute atomic E-state index is 0.234. The normalized spacial score (nSPS) is 12.4. The average Bonchev–Trinajstić information content (AvgIpc) is 3.16. The van der Waals surface area contributed by atoms with Crippen LogP contribution in [-0.4, -0.2) is 22.2 Å². The summed E-state index contributed by atoms with van der Waals surface area (Å²) < 4.78 is 11.2. The van der Waals surface area contributed by atoms with Gasteiger partial charge in [0.2, 0.25) is 5.89 Å². The summed E-state index contributed by atoms with van der Waals surface area (Å²) in [6.07, 6.45) is 1.41. The van der Waals surface area contributed by atoms with Crippen LogP contribution in [0.2, 0.25) is 0 Å². The number of hydrogen-bond acceptors (Lipinski definition) is 6. The molecule has 0 radical (unpaired) electrons. The lowest BCUT2D eigenvalue weighted by molar-refractivity contribution is -0.145. The molecule has 0 aliphatic carbocycles. The summed E-state index contributed by atoms with van der Waals surface area (Å²) in [4.78, 5) is 21.3. The van der Waals surface area contributed by atoms with Gasteiger partial charge in [0.1, 0.15) is 23.8 Å². The number of nitrogens with zero attached hydrogens (tertiary/aromatic N) is 1. The van der Waals surface area contributed by atoms with Gasteiger partial charge in [-0.2, -0.15) is 0 Å². The van der Waals surface area contributed by atoms with Crippen LogP contribution in [0.3, 0.4) is 0 Å². The highest BCUT2D eigenvalue weighted by Gasteiger charge is 2.17. The molecule has 162 valence electrons. The molecule has 0 saturated heterocycles. The summed E-state index contributed by atoms with van der Waals surface area (Å²) in [6, 6.07) is 16.8. The number of hydrogen-bond donors (Lipinski definition) is 2. The number of nitrogens with one attached hydrogen (secondary N) is 1. The third-order valence-electron chi connectivity index (χ3n) is 4.68. The highest BCUT2D eigenvalue weighted by molar-refractivity contribution is 5.72. The van der Waals surface area contributed by atoms with Crippen molar-refractivity contribution in [3.8, 4) is 17.2 Å². The third-order valence-corrected chi connectivity index (χ3v) is 4.68. The van der Waals surface area contributed by atoms with Crippen LogP contribution in [0, 0.1) is 6.92 Å². The molecule has 0 bridgehead atoms. The Morgan fingerprint density at radius 3 is 2.52 bits per heavy atom. The monoisotopic (exact) mass is 422 g/mol. The molecule has 7 nitrogen and oxygen atoms in total. The quantitative estimate of drug-likeness (QED) is 0.445. The number of carboxylic acid groups (broad SMARTS) is 1. The third kappa shape index (κ3) is 5.73. The molecule has 1 heterocycles. The van der Waals surface area contributed by atoms with Crippen molar-refractivity contribution in [1.82, 2.24) is 10.5 Å². The van der Waals surface area contributed by atoms with Crippen LogP contribution in [0.5, 0.6) is 5.75 Å². The molecule has 0 aliphatic heterocycles. The van der Waals surface area contributed by atoms with Crippen molar-refractivity contribution in [3.05, 3.63) is 77.7 Å². The lowest BCUT2D eigenvalue weighted by Gasteiger charge is -2.14. The summed E-state index contributed by atoms with van der Waals surface area (Å²) in [7, 11) is 0. The fourth-order valence-electron chi connectivity index (χ4n) is 2.92. The smallest absolute Gasteiger partial charge is 0.344 e. The molecule has 7 heteroatoms. The number of carbonyl (C=O) groups is 1. The predicted octanol–water partition coefficient (Wildman–Crippen LogP) is 4.97. The maximum absolute atomic E-state index is 11.1. The molecule has 0 saturated carbocycles. The SMILES string of the molecule is CC=C(NOCc1nc(-c2ccccc2)oc1C)c1ccc(OC(CC)C(=O)O)cc1. The summed E-state index contributed by atoms with van der Waals surface area (Å²) in [6.45, 7) is 5.75. The molecule has 0 aliphatic rings. The van der Waals surface area contributed by atoms with E-state index in [0.717, 1.165) is 16.8 Å². The molecule has 1 unspecified atom stereocenters. The molecule has 3 rings (SSSR count). The van der Waals surface area contributed by atoms with Crippen LogP contribution in [-0.2, 0) is 16.2 Å². The van der Waals surface area contributed by atoms with Gasteiger partial charge in [0.05, 0.1) is 5.70 Å². The van der Waals surface area contributed by atoms with Gasteiger partial charge in [0.25, 0.3) is 0 Å². The number of aromatic nitrogens is 1. The maximum Gasteiger partial charge on any atom is 0.344 e. The van der Waals surface area contributed by atoms with Crippen molar-refractivity contribution >= 4 is 11.7 Å². The van der Waals surface area contributed by atoms with E-state index >= 15 is 0 Å². The van der Waals surface area contributed by atoms with Crippen LogP contribution in [0.25, 0.3) is 17.2 Å². The zero-order chi connectivity index (χ0) is 22.2. The maximum atomic E-state index is 11.1. The number of allylic oxidation sites excluding steroid dienone is 1.